The van der Waals surface area contributed by atoms with E-state index in [0.29, 0.717) is 10.9 Å². The summed E-state index contributed by atoms with van der Waals surface area (Å²) >= 11 is 2.96. The lowest BCUT2D eigenvalue weighted by Crippen LogP contribution is -2.27. The highest BCUT2D eigenvalue weighted by atomic mass is 32.2. The SMILES string of the molecule is CCc1ccc2nc(SCC(=O)N(C)c3nc(-c4ccccc4)cs3)c(C)cc2c1. The Bertz CT molecular complexity index is 1190. The zero-order chi connectivity index (χ0) is 21.1. The van der Waals surface area contributed by atoms with Crippen molar-refractivity contribution < 1.29 is 4.79 Å². The number of carbonyl (C=O) groups is 1. The molecule has 0 aliphatic carbocycles. The molecule has 0 saturated heterocycles. The Balaban J connectivity index is 1.45. The van der Waals surface area contributed by atoms with Crippen molar-refractivity contribution in [2.75, 3.05) is 17.7 Å². The van der Waals surface area contributed by atoms with E-state index in [9.17, 15) is 4.79 Å². The third-order valence-corrected chi connectivity index (χ3v) is 6.98. The van der Waals surface area contributed by atoms with Gasteiger partial charge in [0.2, 0.25) is 5.91 Å². The summed E-state index contributed by atoms with van der Waals surface area (Å²) in [6.45, 7) is 4.20. The number of aromatic nitrogens is 2. The van der Waals surface area contributed by atoms with Crippen LogP contribution >= 0.6 is 23.1 Å². The molecule has 4 rings (SSSR count). The smallest absolute Gasteiger partial charge is 0.238 e. The molecule has 0 aliphatic heterocycles. The van der Waals surface area contributed by atoms with Crippen LogP contribution in [-0.4, -0.2) is 28.7 Å². The Kier molecular flexibility index (Phi) is 6.16. The molecule has 0 aliphatic rings. The molecule has 2 aromatic carbocycles. The van der Waals surface area contributed by atoms with Crippen molar-refractivity contribution in [2.24, 2.45) is 0 Å². The lowest BCUT2D eigenvalue weighted by atomic mass is 10.1. The number of benzene rings is 2. The van der Waals surface area contributed by atoms with Crippen molar-refractivity contribution in [3.8, 4) is 11.3 Å². The number of thiazole rings is 1. The number of pyridine rings is 1. The van der Waals surface area contributed by atoms with E-state index < -0.39 is 0 Å². The number of fused-ring (bicyclic) bond motifs is 1. The summed E-state index contributed by atoms with van der Waals surface area (Å²) in [7, 11) is 1.78. The molecule has 0 atom stereocenters. The summed E-state index contributed by atoms with van der Waals surface area (Å²) in [6.07, 6.45) is 1.01. The number of hydrogen-bond donors (Lipinski definition) is 0. The number of rotatable bonds is 6. The number of nitrogens with zero attached hydrogens (tertiary/aromatic N) is 3. The minimum Gasteiger partial charge on any atom is -0.291 e. The van der Waals surface area contributed by atoms with E-state index in [2.05, 4.69) is 43.1 Å². The maximum atomic E-state index is 12.8. The van der Waals surface area contributed by atoms with Crippen LogP contribution in [0.4, 0.5) is 5.13 Å². The highest BCUT2D eigenvalue weighted by molar-refractivity contribution is 8.00. The first kappa shape index (κ1) is 20.6. The van der Waals surface area contributed by atoms with Crippen LogP contribution in [0.3, 0.4) is 0 Å². The first-order valence-electron chi connectivity index (χ1n) is 9.85. The number of anilines is 1. The highest BCUT2D eigenvalue weighted by Crippen LogP contribution is 2.29. The summed E-state index contributed by atoms with van der Waals surface area (Å²) in [5.41, 5.74) is 5.31. The Labute approximate surface area is 185 Å². The third-order valence-electron chi connectivity index (χ3n) is 4.99. The zero-order valence-corrected chi connectivity index (χ0v) is 18.9. The van der Waals surface area contributed by atoms with Crippen molar-refractivity contribution in [3.63, 3.8) is 0 Å². The second-order valence-electron chi connectivity index (χ2n) is 7.11. The second kappa shape index (κ2) is 8.98. The van der Waals surface area contributed by atoms with Gasteiger partial charge in [-0.25, -0.2) is 9.97 Å². The summed E-state index contributed by atoms with van der Waals surface area (Å²) < 4.78 is 0. The topological polar surface area (TPSA) is 46.1 Å². The first-order chi connectivity index (χ1) is 14.5. The zero-order valence-electron chi connectivity index (χ0n) is 17.3. The number of thioether (sulfide) groups is 1. The van der Waals surface area contributed by atoms with Gasteiger partial charge >= 0.3 is 0 Å². The largest absolute Gasteiger partial charge is 0.291 e. The van der Waals surface area contributed by atoms with Gasteiger partial charge in [-0.05, 0) is 42.7 Å². The number of carbonyl (C=O) groups excluding carboxylic acids is 1. The van der Waals surface area contributed by atoms with Crippen molar-refractivity contribution >= 4 is 45.0 Å². The molecule has 152 valence electrons. The summed E-state index contributed by atoms with van der Waals surface area (Å²) in [5.74, 6) is 0.333. The van der Waals surface area contributed by atoms with Gasteiger partial charge < -0.3 is 0 Å². The molecule has 4 aromatic rings. The monoisotopic (exact) mass is 433 g/mol. The Morgan fingerprint density at radius 2 is 1.90 bits per heavy atom. The van der Waals surface area contributed by atoms with Crippen molar-refractivity contribution in [3.05, 3.63) is 71.1 Å². The first-order valence-corrected chi connectivity index (χ1v) is 11.7. The van der Waals surface area contributed by atoms with Gasteiger partial charge in [0.05, 0.1) is 17.0 Å². The van der Waals surface area contributed by atoms with Crippen LogP contribution in [-0.2, 0) is 11.2 Å². The molecule has 2 aromatic heterocycles. The van der Waals surface area contributed by atoms with Crippen molar-refractivity contribution in [1.29, 1.82) is 0 Å². The number of aryl methyl sites for hydroxylation is 2. The molecule has 0 unspecified atom stereocenters. The molecule has 2 heterocycles. The van der Waals surface area contributed by atoms with E-state index in [1.54, 1.807) is 11.9 Å². The van der Waals surface area contributed by atoms with Gasteiger partial charge in [-0.2, -0.15) is 0 Å². The van der Waals surface area contributed by atoms with Crippen LogP contribution in [0.15, 0.2) is 65.0 Å². The molecule has 0 radical (unpaired) electrons. The molecule has 6 heteroatoms. The molecule has 0 fully saturated rings. The average molecular weight is 434 g/mol. The van der Waals surface area contributed by atoms with E-state index in [4.69, 9.17) is 4.98 Å². The number of amides is 1. The molecular weight excluding hydrogens is 410 g/mol. The van der Waals surface area contributed by atoms with E-state index in [1.807, 2.05) is 35.7 Å². The predicted molar refractivity (Wildman–Crippen MR) is 128 cm³/mol. The lowest BCUT2D eigenvalue weighted by molar-refractivity contribution is -0.115. The summed E-state index contributed by atoms with van der Waals surface area (Å²) in [4.78, 5) is 23.8. The van der Waals surface area contributed by atoms with Crippen LogP contribution < -0.4 is 4.90 Å². The molecule has 30 heavy (non-hydrogen) atoms. The van der Waals surface area contributed by atoms with Gasteiger partial charge in [0.25, 0.3) is 0 Å². The predicted octanol–water partition coefficient (Wildman–Crippen LogP) is 5.98. The molecule has 1 amide bonds. The van der Waals surface area contributed by atoms with Gasteiger partial charge in [0.1, 0.15) is 5.03 Å². The normalized spacial score (nSPS) is 11.0. The molecule has 4 nitrogen and oxygen atoms in total. The second-order valence-corrected chi connectivity index (χ2v) is 8.91. The standard InChI is InChI=1S/C24H23N3OS2/c1-4-17-10-11-20-19(13-17)12-16(2)23(25-20)29-15-22(28)27(3)24-26-21(14-30-24)18-8-6-5-7-9-18/h5-14H,4,15H2,1-3H3. The van der Waals surface area contributed by atoms with Gasteiger partial charge in [0, 0.05) is 23.4 Å². The van der Waals surface area contributed by atoms with Crippen LogP contribution in [0.25, 0.3) is 22.2 Å². The van der Waals surface area contributed by atoms with E-state index in [-0.39, 0.29) is 5.91 Å². The Morgan fingerprint density at radius 1 is 1.10 bits per heavy atom. The van der Waals surface area contributed by atoms with Gasteiger partial charge in [-0.15, -0.1) is 11.3 Å². The minimum absolute atomic E-state index is 0.0107. The van der Waals surface area contributed by atoms with E-state index >= 15 is 0 Å². The van der Waals surface area contributed by atoms with Crippen LogP contribution in [0.2, 0.25) is 0 Å². The van der Waals surface area contributed by atoms with Crippen molar-refractivity contribution in [1.82, 2.24) is 9.97 Å². The van der Waals surface area contributed by atoms with Gasteiger partial charge in [-0.3, -0.25) is 9.69 Å². The van der Waals surface area contributed by atoms with Crippen LogP contribution in [0, 0.1) is 6.92 Å². The third kappa shape index (κ3) is 4.40. The van der Waals surface area contributed by atoms with Crippen LogP contribution in [0.5, 0.6) is 0 Å². The number of hydrogen-bond acceptors (Lipinski definition) is 5. The molecule has 0 N–H and O–H groups in total. The fraction of sp³-hybridized carbons (Fsp3) is 0.208. The quantitative estimate of drug-likeness (QED) is 0.351. The fourth-order valence-electron chi connectivity index (χ4n) is 3.17. The molecular formula is C24H23N3OS2. The average Bonchev–Trinajstić information content (AvgIpc) is 3.27. The Hall–Kier alpha value is -2.70. The van der Waals surface area contributed by atoms with E-state index in [0.717, 1.165) is 39.2 Å². The van der Waals surface area contributed by atoms with Crippen LogP contribution in [0.1, 0.15) is 18.1 Å². The molecule has 0 saturated carbocycles. The maximum Gasteiger partial charge on any atom is 0.238 e. The molecule has 0 spiro atoms. The van der Waals surface area contributed by atoms with Crippen molar-refractivity contribution in [2.45, 2.75) is 25.3 Å². The highest BCUT2D eigenvalue weighted by Gasteiger charge is 2.16. The maximum absolute atomic E-state index is 12.8. The van der Waals surface area contributed by atoms with Gasteiger partial charge in [0.15, 0.2) is 5.13 Å². The van der Waals surface area contributed by atoms with E-state index in [1.165, 1.54) is 28.7 Å². The van der Waals surface area contributed by atoms with Gasteiger partial charge in [-0.1, -0.05) is 55.1 Å². The lowest BCUT2D eigenvalue weighted by Gasteiger charge is -2.14. The minimum atomic E-state index is 0.0107. The Morgan fingerprint density at radius 3 is 2.67 bits per heavy atom. The summed E-state index contributed by atoms with van der Waals surface area (Å²) in [6, 6.07) is 18.5. The molecule has 0 bridgehead atoms. The fourth-order valence-corrected chi connectivity index (χ4v) is 4.89. The summed E-state index contributed by atoms with van der Waals surface area (Å²) in [5, 5.41) is 4.74.